The number of carbonyl (C=O) groups is 3. The van der Waals surface area contributed by atoms with E-state index in [2.05, 4.69) is 37.6 Å². The largest absolute Gasteiger partial charge is 0.465 e. The molecule has 1 heterocycles. The fraction of sp³-hybridized carbons (Fsp3) is 0.886. The summed E-state index contributed by atoms with van der Waals surface area (Å²) in [5.41, 5.74) is 0.977. The van der Waals surface area contributed by atoms with Gasteiger partial charge in [-0.2, -0.15) is 0 Å². The van der Waals surface area contributed by atoms with E-state index in [1.807, 2.05) is 18.3 Å². The van der Waals surface area contributed by atoms with Crippen molar-refractivity contribution in [2.24, 2.45) is 11.8 Å². The number of aliphatic hydroxyl groups excluding tert-OH is 1. The van der Waals surface area contributed by atoms with Gasteiger partial charge in [0.05, 0.1) is 31.7 Å². The molecule has 3 unspecified atom stereocenters. The van der Waals surface area contributed by atoms with Crippen LogP contribution in [0, 0.1) is 11.8 Å². The molecule has 3 atom stereocenters. The maximum Gasteiger partial charge on any atom is 0.323 e. The molecule has 79 heavy (non-hydrogen) atoms. The van der Waals surface area contributed by atoms with Crippen molar-refractivity contribution in [1.29, 1.82) is 0 Å². The minimum Gasteiger partial charge on any atom is -0.465 e. The molecule has 1 N–H and O–H groups in total. The predicted molar refractivity (Wildman–Crippen MR) is 335 cm³/mol. The van der Waals surface area contributed by atoms with Crippen LogP contribution in [-0.4, -0.2) is 78.5 Å². The Balaban J connectivity index is 2.74. The summed E-state index contributed by atoms with van der Waals surface area (Å²) in [7, 11) is 0. The number of hydrogen-bond donors (Lipinski definition) is 1. The second-order valence-electron chi connectivity index (χ2n) is 24.0. The number of aliphatic hydroxyl groups is 1. The number of carbonyl (C=O) groups excluding carboxylic acids is 3. The molecule has 9 heteroatoms. The number of hydrogen-bond acceptors (Lipinski definition) is 9. The van der Waals surface area contributed by atoms with Crippen LogP contribution < -0.4 is 0 Å². The Morgan fingerprint density at radius 1 is 0.405 bits per heavy atom. The van der Waals surface area contributed by atoms with E-state index in [0.29, 0.717) is 19.6 Å². The minimum absolute atomic E-state index is 0.0145. The molecule has 0 bridgehead atoms. The van der Waals surface area contributed by atoms with Crippen LogP contribution in [0.25, 0.3) is 0 Å². The SMILES string of the molecule is CCCCCCCCCCCCC(CCCCCCCCCC)C(=O)OCCCCCCN(CCCCCCOC(=O)C(CCCCCCCCCC)CCCCCCCCCCCC)C(Cc1cccnc1)C(=O)OCCO. The molecule has 0 saturated carbocycles. The van der Waals surface area contributed by atoms with E-state index in [9.17, 15) is 19.5 Å². The summed E-state index contributed by atoms with van der Waals surface area (Å²) >= 11 is 0. The van der Waals surface area contributed by atoms with Gasteiger partial charge in [0, 0.05) is 18.8 Å². The first-order valence-corrected chi connectivity index (χ1v) is 34.6. The molecule has 1 aromatic rings. The number of esters is 3. The van der Waals surface area contributed by atoms with Crippen molar-refractivity contribution in [3.05, 3.63) is 30.1 Å². The zero-order chi connectivity index (χ0) is 57.2. The van der Waals surface area contributed by atoms with Gasteiger partial charge in [0.15, 0.2) is 0 Å². The molecule has 0 aliphatic heterocycles. The monoisotopic (exact) mass is 1110 g/mol. The van der Waals surface area contributed by atoms with Crippen molar-refractivity contribution in [2.75, 3.05) is 39.5 Å². The summed E-state index contributed by atoms with van der Waals surface area (Å²) in [4.78, 5) is 47.3. The number of pyridine rings is 1. The molecule has 1 rings (SSSR count). The lowest BCUT2D eigenvalue weighted by atomic mass is 9.94. The Bertz CT molecular complexity index is 1370. The zero-order valence-corrected chi connectivity index (χ0v) is 52.7. The van der Waals surface area contributed by atoms with Crippen molar-refractivity contribution >= 4 is 17.9 Å². The van der Waals surface area contributed by atoms with Crippen LogP contribution in [0.4, 0.5) is 0 Å². The molecule has 0 aliphatic rings. The average Bonchev–Trinajstić information content (AvgIpc) is 3.46. The van der Waals surface area contributed by atoms with E-state index in [4.69, 9.17) is 14.2 Å². The summed E-state index contributed by atoms with van der Waals surface area (Å²) in [5.74, 6) is -0.242. The Labute approximate surface area is 489 Å². The third-order valence-electron chi connectivity index (χ3n) is 16.7. The predicted octanol–water partition coefficient (Wildman–Crippen LogP) is 20.0. The highest BCUT2D eigenvalue weighted by molar-refractivity contribution is 5.76. The molecule has 1 aromatic heterocycles. The number of aromatic nitrogens is 1. The third-order valence-corrected chi connectivity index (χ3v) is 16.7. The van der Waals surface area contributed by atoms with E-state index in [0.717, 1.165) is 121 Å². The molecule has 0 spiro atoms. The third kappa shape index (κ3) is 46.6. The van der Waals surface area contributed by atoms with Crippen molar-refractivity contribution < 1.29 is 33.7 Å². The van der Waals surface area contributed by atoms with Gasteiger partial charge in [-0.25, -0.2) is 0 Å². The summed E-state index contributed by atoms with van der Waals surface area (Å²) in [6.07, 6.45) is 61.7. The van der Waals surface area contributed by atoms with Gasteiger partial charge in [0.1, 0.15) is 12.6 Å². The van der Waals surface area contributed by atoms with Crippen molar-refractivity contribution in [3.8, 4) is 0 Å². The first-order valence-electron chi connectivity index (χ1n) is 34.6. The van der Waals surface area contributed by atoms with Gasteiger partial charge >= 0.3 is 17.9 Å². The maximum atomic E-state index is 13.7. The lowest BCUT2D eigenvalue weighted by Crippen LogP contribution is -2.45. The van der Waals surface area contributed by atoms with E-state index < -0.39 is 6.04 Å². The molecule has 0 aliphatic carbocycles. The Kier molecular flexibility index (Phi) is 55.3. The van der Waals surface area contributed by atoms with Gasteiger partial charge in [-0.05, 0) is 76.1 Å². The normalized spacial score (nSPS) is 12.7. The number of ether oxygens (including phenoxy) is 3. The second kappa shape index (κ2) is 58.7. The molecular formula is C70H130N2O7. The molecule has 462 valence electrons. The molecule has 0 radical (unpaired) electrons. The molecule has 0 aromatic carbocycles. The van der Waals surface area contributed by atoms with E-state index in [1.165, 1.54) is 205 Å². The van der Waals surface area contributed by atoms with Gasteiger partial charge in [-0.15, -0.1) is 0 Å². The fourth-order valence-electron chi connectivity index (χ4n) is 11.5. The maximum absolute atomic E-state index is 13.7. The quantitative estimate of drug-likeness (QED) is 0.0387. The summed E-state index contributed by atoms with van der Waals surface area (Å²) in [6, 6.07) is 3.43. The highest BCUT2D eigenvalue weighted by Crippen LogP contribution is 2.24. The van der Waals surface area contributed by atoms with E-state index >= 15 is 0 Å². The summed E-state index contributed by atoms with van der Waals surface area (Å²) < 4.78 is 17.6. The van der Waals surface area contributed by atoms with Crippen LogP contribution in [-0.2, 0) is 35.0 Å². The number of rotatable bonds is 62. The van der Waals surface area contributed by atoms with Crippen LogP contribution in [0.15, 0.2) is 24.5 Å². The Morgan fingerprint density at radius 3 is 1.03 bits per heavy atom. The highest BCUT2D eigenvalue weighted by atomic mass is 16.5. The van der Waals surface area contributed by atoms with Gasteiger partial charge in [-0.1, -0.05) is 291 Å². The van der Waals surface area contributed by atoms with Crippen LogP contribution in [0.3, 0.4) is 0 Å². The van der Waals surface area contributed by atoms with Crippen molar-refractivity contribution in [1.82, 2.24) is 9.88 Å². The van der Waals surface area contributed by atoms with Crippen molar-refractivity contribution in [3.63, 3.8) is 0 Å². The molecular weight excluding hydrogens is 981 g/mol. The number of unbranched alkanes of at least 4 members (excludes halogenated alkanes) is 38. The van der Waals surface area contributed by atoms with E-state index in [1.54, 1.807) is 6.20 Å². The first-order chi connectivity index (χ1) is 38.9. The summed E-state index contributed by atoms with van der Waals surface area (Å²) in [6.45, 7) is 11.3. The van der Waals surface area contributed by atoms with Crippen LogP contribution in [0.5, 0.6) is 0 Å². The standard InChI is InChI=1S/C70H130N2O7/c1-5-9-13-17-21-25-27-31-35-43-53-65(51-41-33-29-23-19-15-11-7-3)68(74)77-59-47-39-37-45-56-72(67(70(76)79-61-58-73)62-64-50-49-55-71-63-64)57-46-38-40-48-60-78-69(75)66(52-42-34-30-24-20-16-12-8-4)54-44-36-32-28-26-22-18-14-10-6-2/h49-50,55,63,65-67,73H,5-48,51-54,56-62H2,1-4H3. The Morgan fingerprint density at radius 2 is 0.709 bits per heavy atom. The molecule has 0 saturated heterocycles. The Hall–Kier alpha value is -2.52. The minimum atomic E-state index is -0.486. The van der Waals surface area contributed by atoms with Crippen molar-refractivity contribution in [2.45, 2.75) is 348 Å². The lowest BCUT2D eigenvalue weighted by molar-refractivity contribution is -0.151. The van der Waals surface area contributed by atoms with E-state index in [-0.39, 0.29) is 43.0 Å². The van der Waals surface area contributed by atoms with Crippen LogP contribution in [0.1, 0.15) is 341 Å². The molecule has 0 fully saturated rings. The zero-order valence-electron chi connectivity index (χ0n) is 52.7. The fourth-order valence-corrected chi connectivity index (χ4v) is 11.5. The van der Waals surface area contributed by atoms with Crippen LogP contribution in [0.2, 0.25) is 0 Å². The van der Waals surface area contributed by atoms with Crippen LogP contribution >= 0.6 is 0 Å². The lowest BCUT2D eigenvalue weighted by Gasteiger charge is -2.30. The highest BCUT2D eigenvalue weighted by Gasteiger charge is 2.28. The van der Waals surface area contributed by atoms with Gasteiger partial charge in [0.2, 0.25) is 0 Å². The van der Waals surface area contributed by atoms with Gasteiger partial charge < -0.3 is 19.3 Å². The second-order valence-corrected chi connectivity index (χ2v) is 24.0. The molecule has 0 amide bonds. The van der Waals surface area contributed by atoms with Gasteiger partial charge in [0.25, 0.3) is 0 Å². The average molecular weight is 1110 g/mol. The van der Waals surface area contributed by atoms with Gasteiger partial charge in [-0.3, -0.25) is 24.3 Å². The first kappa shape index (κ1) is 74.5. The topological polar surface area (TPSA) is 115 Å². The number of nitrogens with zero attached hydrogens (tertiary/aromatic N) is 2. The molecule has 9 nitrogen and oxygen atoms in total. The smallest absolute Gasteiger partial charge is 0.323 e. The summed E-state index contributed by atoms with van der Waals surface area (Å²) in [5, 5.41) is 9.56.